The number of halogens is 1. The molecule has 0 bridgehead atoms. The average molecular weight is 342 g/mol. The van der Waals surface area contributed by atoms with Gasteiger partial charge in [-0.05, 0) is 24.3 Å². The highest BCUT2D eigenvalue weighted by Crippen LogP contribution is 2.27. The Morgan fingerprint density at radius 2 is 2.36 bits per heavy atom. The monoisotopic (exact) mass is 341 g/mol. The molecule has 0 radical (unpaired) electrons. The van der Waals surface area contributed by atoms with E-state index in [0.29, 0.717) is 41.2 Å². The molecule has 1 aliphatic rings. The van der Waals surface area contributed by atoms with E-state index in [4.69, 9.17) is 20.8 Å². The largest absolute Gasteiger partial charge is 0.467 e. The number of furan rings is 1. The zero-order valence-electron chi connectivity index (χ0n) is 11.8. The first-order valence-corrected chi connectivity index (χ1v) is 8.20. The van der Waals surface area contributed by atoms with E-state index in [9.17, 15) is 9.90 Å². The van der Waals surface area contributed by atoms with E-state index in [1.165, 1.54) is 17.6 Å². The molecule has 0 saturated carbocycles. The van der Waals surface area contributed by atoms with E-state index >= 15 is 0 Å². The van der Waals surface area contributed by atoms with Gasteiger partial charge in [-0.2, -0.15) is 0 Å². The Morgan fingerprint density at radius 1 is 1.50 bits per heavy atom. The van der Waals surface area contributed by atoms with Crippen molar-refractivity contribution in [2.45, 2.75) is 18.6 Å². The van der Waals surface area contributed by atoms with Crippen LogP contribution in [0.5, 0.6) is 0 Å². The highest BCUT2D eigenvalue weighted by atomic mass is 35.5. The third-order valence-electron chi connectivity index (χ3n) is 3.64. The molecule has 0 unspecified atom stereocenters. The molecule has 1 aliphatic heterocycles. The van der Waals surface area contributed by atoms with Gasteiger partial charge in [-0.25, -0.2) is 0 Å². The lowest BCUT2D eigenvalue weighted by Crippen LogP contribution is -2.49. The first-order valence-electron chi connectivity index (χ1n) is 7.00. The number of rotatable bonds is 4. The number of carbonyl (C=O) groups is 1. The Labute approximate surface area is 137 Å². The number of carbonyl (C=O) groups excluding carboxylic acids is 1. The standard InChI is InChI=1S/C15H16ClNO4S/c16-14-4-3-13(22-14)15(19)17-5-7-20-9-10(17)8-11(18)12-2-1-6-21-12/h1-4,6,10-11,18H,5,7-9H2/t10-,11+/m1/s1. The van der Waals surface area contributed by atoms with Crippen molar-refractivity contribution in [3.63, 3.8) is 0 Å². The fourth-order valence-electron chi connectivity index (χ4n) is 2.54. The number of aliphatic hydroxyl groups is 1. The van der Waals surface area contributed by atoms with Crippen molar-refractivity contribution in [3.05, 3.63) is 45.5 Å². The molecule has 1 saturated heterocycles. The number of nitrogens with zero attached hydrogens (tertiary/aromatic N) is 1. The normalized spacial score (nSPS) is 20.1. The summed E-state index contributed by atoms with van der Waals surface area (Å²) in [5, 5.41) is 10.2. The Kier molecular flexibility index (Phi) is 4.83. The molecule has 1 amide bonds. The molecule has 0 spiro atoms. The highest BCUT2D eigenvalue weighted by Gasteiger charge is 2.31. The van der Waals surface area contributed by atoms with E-state index in [0.717, 1.165) is 0 Å². The fraction of sp³-hybridized carbons (Fsp3) is 0.400. The van der Waals surface area contributed by atoms with Gasteiger partial charge < -0.3 is 19.2 Å². The minimum atomic E-state index is -0.760. The molecule has 0 aliphatic carbocycles. The van der Waals surface area contributed by atoms with Crippen molar-refractivity contribution < 1.29 is 19.1 Å². The number of aliphatic hydroxyl groups excluding tert-OH is 1. The number of ether oxygens (including phenoxy) is 1. The van der Waals surface area contributed by atoms with E-state index < -0.39 is 6.10 Å². The summed E-state index contributed by atoms with van der Waals surface area (Å²) >= 11 is 7.16. The number of amides is 1. The predicted octanol–water partition coefficient (Wildman–Crippen LogP) is 2.96. The van der Waals surface area contributed by atoms with Crippen LogP contribution in [0.3, 0.4) is 0 Å². The summed E-state index contributed by atoms with van der Waals surface area (Å²) in [7, 11) is 0. The lowest BCUT2D eigenvalue weighted by Gasteiger charge is -2.36. The average Bonchev–Trinajstić information content (AvgIpc) is 3.18. The van der Waals surface area contributed by atoms with Crippen LogP contribution in [-0.2, 0) is 4.74 Å². The molecule has 22 heavy (non-hydrogen) atoms. The van der Waals surface area contributed by atoms with E-state index in [2.05, 4.69) is 0 Å². The van der Waals surface area contributed by atoms with Crippen LogP contribution in [0.2, 0.25) is 4.34 Å². The maximum atomic E-state index is 12.6. The van der Waals surface area contributed by atoms with Crippen molar-refractivity contribution in [2.75, 3.05) is 19.8 Å². The Bertz CT molecular complexity index is 627. The lowest BCUT2D eigenvalue weighted by atomic mass is 10.1. The molecule has 1 N–H and O–H groups in total. The van der Waals surface area contributed by atoms with Crippen molar-refractivity contribution in [1.82, 2.24) is 4.90 Å². The predicted molar refractivity (Wildman–Crippen MR) is 83.3 cm³/mol. The van der Waals surface area contributed by atoms with Crippen LogP contribution in [0.25, 0.3) is 0 Å². The maximum Gasteiger partial charge on any atom is 0.264 e. The van der Waals surface area contributed by atoms with Crippen LogP contribution in [0.1, 0.15) is 28.0 Å². The topological polar surface area (TPSA) is 62.9 Å². The van der Waals surface area contributed by atoms with Gasteiger partial charge in [-0.3, -0.25) is 4.79 Å². The molecule has 5 nitrogen and oxygen atoms in total. The molecule has 2 aromatic heterocycles. The SMILES string of the molecule is O=C(c1ccc(Cl)s1)N1CCOC[C@H]1C[C@H](O)c1ccco1. The van der Waals surface area contributed by atoms with Crippen molar-refractivity contribution in [2.24, 2.45) is 0 Å². The van der Waals surface area contributed by atoms with E-state index in [1.54, 1.807) is 29.2 Å². The smallest absolute Gasteiger partial charge is 0.264 e. The molecular weight excluding hydrogens is 326 g/mol. The fourth-order valence-corrected chi connectivity index (χ4v) is 3.54. The first-order chi connectivity index (χ1) is 10.6. The first kappa shape index (κ1) is 15.6. The summed E-state index contributed by atoms with van der Waals surface area (Å²) in [5.41, 5.74) is 0. The second kappa shape index (κ2) is 6.83. The second-order valence-corrected chi connectivity index (χ2v) is 6.81. The molecule has 0 aromatic carbocycles. The molecule has 1 fully saturated rings. The summed E-state index contributed by atoms with van der Waals surface area (Å²) in [6.07, 6.45) is 1.13. The van der Waals surface area contributed by atoms with Gasteiger partial charge >= 0.3 is 0 Å². The lowest BCUT2D eigenvalue weighted by molar-refractivity contribution is -0.0193. The van der Waals surface area contributed by atoms with Crippen LogP contribution in [0, 0.1) is 0 Å². The van der Waals surface area contributed by atoms with E-state index in [1.807, 2.05) is 0 Å². The van der Waals surface area contributed by atoms with E-state index in [-0.39, 0.29) is 11.9 Å². The van der Waals surface area contributed by atoms with Gasteiger partial charge in [0.2, 0.25) is 0 Å². The summed E-state index contributed by atoms with van der Waals surface area (Å²) in [5.74, 6) is 0.425. The Balaban J connectivity index is 1.72. The summed E-state index contributed by atoms with van der Waals surface area (Å²) in [6, 6.07) is 6.70. The molecule has 2 aromatic rings. The number of thiophene rings is 1. The minimum absolute atomic E-state index is 0.0724. The van der Waals surface area contributed by atoms with Gasteiger partial charge in [0.25, 0.3) is 5.91 Å². The van der Waals surface area contributed by atoms with Crippen LogP contribution < -0.4 is 0 Å². The van der Waals surface area contributed by atoms with Gasteiger partial charge in [-0.1, -0.05) is 11.6 Å². The quantitative estimate of drug-likeness (QED) is 0.928. The minimum Gasteiger partial charge on any atom is -0.467 e. The summed E-state index contributed by atoms with van der Waals surface area (Å²) in [6.45, 7) is 1.41. The molecule has 7 heteroatoms. The van der Waals surface area contributed by atoms with Crippen molar-refractivity contribution in [3.8, 4) is 0 Å². The number of hydrogen-bond donors (Lipinski definition) is 1. The molecule has 118 valence electrons. The van der Waals surface area contributed by atoms with Gasteiger partial charge in [-0.15, -0.1) is 11.3 Å². The number of hydrogen-bond acceptors (Lipinski definition) is 5. The molecule has 3 rings (SSSR count). The maximum absolute atomic E-state index is 12.6. The second-order valence-electron chi connectivity index (χ2n) is 5.10. The zero-order valence-corrected chi connectivity index (χ0v) is 13.3. The Hall–Kier alpha value is -1.34. The summed E-state index contributed by atoms with van der Waals surface area (Å²) in [4.78, 5) is 15.0. The molecule has 3 heterocycles. The number of morpholine rings is 1. The summed E-state index contributed by atoms with van der Waals surface area (Å²) < 4.78 is 11.3. The van der Waals surface area contributed by atoms with Crippen LogP contribution in [-0.4, -0.2) is 41.7 Å². The van der Waals surface area contributed by atoms with Gasteiger partial charge in [0, 0.05) is 13.0 Å². The zero-order chi connectivity index (χ0) is 15.5. The van der Waals surface area contributed by atoms with Crippen molar-refractivity contribution in [1.29, 1.82) is 0 Å². The van der Waals surface area contributed by atoms with Gasteiger partial charge in [0.15, 0.2) is 0 Å². The molecular formula is C15H16ClNO4S. The third-order valence-corrected chi connectivity index (χ3v) is 4.86. The van der Waals surface area contributed by atoms with Crippen LogP contribution in [0.4, 0.5) is 0 Å². The van der Waals surface area contributed by atoms with Gasteiger partial charge in [0.05, 0.1) is 34.7 Å². The van der Waals surface area contributed by atoms with Crippen LogP contribution in [0.15, 0.2) is 34.9 Å². The third kappa shape index (κ3) is 3.35. The van der Waals surface area contributed by atoms with Crippen LogP contribution >= 0.6 is 22.9 Å². The van der Waals surface area contributed by atoms with Crippen molar-refractivity contribution >= 4 is 28.8 Å². The highest BCUT2D eigenvalue weighted by molar-refractivity contribution is 7.17. The Morgan fingerprint density at radius 3 is 3.05 bits per heavy atom. The van der Waals surface area contributed by atoms with Gasteiger partial charge in [0.1, 0.15) is 11.9 Å². The molecule has 2 atom stereocenters.